The Morgan fingerprint density at radius 2 is 1.93 bits per heavy atom. The molecule has 0 atom stereocenters. The summed E-state index contributed by atoms with van der Waals surface area (Å²) in [6.07, 6.45) is 3.48. The molecule has 0 aromatic carbocycles. The van der Waals surface area contributed by atoms with Crippen LogP contribution in [0.25, 0.3) is 0 Å². The zero-order valence-corrected chi connectivity index (χ0v) is 9.45. The molecular weight excluding hydrogens is 192 g/mol. The van der Waals surface area contributed by atoms with Crippen molar-refractivity contribution in [2.24, 2.45) is 5.73 Å². The first kappa shape index (κ1) is 13.4. The van der Waals surface area contributed by atoms with Crippen molar-refractivity contribution in [1.29, 1.82) is 0 Å². The highest BCUT2D eigenvalue weighted by Gasteiger charge is 2.08. The highest BCUT2D eigenvalue weighted by Crippen LogP contribution is 2.04. The number of nitrogens with two attached hydrogens (primary N) is 2. The van der Waals surface area contributed by atoms with Gasteiger partial charge in [-0.05, 0) is 6.42 Å². The highest BCUT2D eigenvalue weighted by atomic mass is 16.1. The smallest absolute Gasteiger partial charge is 0.271 e. The number of anilines is 1. The Kier molecular flexibility index (Phi) is 6.01. The number of carbonyl (C=O) groups excluding carboxylic acids is 1. The molecule has 5 nitrogen and oxygen atoms in total. The fraction of sp³-hybridized carbons (Fsp3) is 0.500. The summed E-state index contributed by atoms with van der Waals surface area (Å²) < 4.78 is 0. The number of nitrogen functional groups attached to an aromatic ring is 1. The SMILES string of the molecule is CCC.CCc1cnc(N)c(C(N)=O)n1. The van der Waals surface area contributed by atoms with Crippen molar-refractivity contribution in [3.63, 3.8) is 0 Å². The first-order valence-corrected chi connectivity index (χ1v) is 4.97. The third-order valence-electron chi connectivity index (χ3n) is 1.45. The molecule has 0 fully saturated rings. The van der Waals surface area contributed by atoms with E-state index in [-0.39, 0.29) is 11.5 Å². The molecule has 1 amide bonds. The van der Waals surface area contributed by atoms with Crippen LogP contribution in [-0.2, 0) is 6.42 Å². The van der Waals surface area contributed by atoms with E-state index in [9.17, 15) is 4.79 Å². The molecule has 0 aliphatic carbocycles. The Hall–Kier alpha value is -1.65. The molecule has 15 heavy (non-hydrogen) atoms. The lowest BCUT2D eigenvalue weighted by Gasteiger charge is -2.00. The molecule has 1 aromatic heterocycles. The van der Waals surface area contributed by atoms with Crippen molar-refractivity contribution in [2.75, 3.05) is 5.73 Å². The van der Waals surface area contributed by atoms with E-state index in [0.717, 1.165) is 0 Å². The molecule has 1 aromatic rings. The second kappa shape index (κ2) is 6.75. The Bertz CT molecular complexity index is 325. The maximum atomic E-state index is 10.7. The molecular formula is C10H18N4O. The van der Waals surface area contributed by atoms with Crippen molar-refractivity contribution in [3.8, 4) is 0 Å². The summed E-state index contributed by atoms with van der Waals surface area (Å²) in [6.45, 7) is 6.16. The zero-order chi connectivity index (χ0) is 11.8. The van der Waals surface area contributed by atoms with Gasteiger partial charge < -0.3 is 11.5 Å². The molecule has 0 unspecified atom stereocenters. The van der Waals surface area contributed by atoms with Crippen molar-refractivity contribution >= 4 is 11.7 Å². The topological polar surface area (TPSA) is 94.9 Å². The number of carbonyl (C=O) groups is 1. The van der Waals surface area contributed by atoms with E-state index in [4.69, 9.17) is 11.5 Å². The molecule has 0 saturated heterocycles. The second-order valence-electron chi connectivity index (χ2n) is 3.02. The minimum absolute atomic E-state index is 0.0503. The van der Waals surface area contributed by atoms with Crippen LogP contribution in [0.3, 0.4) is 0 Å². The molecule has 1 heterocycles. The van der Waals surface area contributed by atoms with Crippen LogP contribution in [0.2, 0.25) is 0 Å². The number of hydrogen-bond acceptors (Lipinski definition) is 4. The van der Waals surface area contributed by atoms with Gasteiger partial charge in [-0.1, -0.05) is 27.2 Å². The fourth-order valence-electron chi connectivity index (χ4n) is 0.787. The van der Waals surface area contributed by atoms with E-state index >= 15 is 0 Å². The van der Waals surface area contributed by atoms with Crippen LogP contribution < -0.4 is 11.5 Å². The standard InChI is InChI=1S/C7H10N4O.C3H8/c1-2-4-3-10-6(8)5(11-4)7(9)12;1-3-2/h3H,2H2,1H3,(H2,8,10)(H2,9,12);3H2,1-2H3. The number of hydrogen-bond donors (Lipinski definition) is 2. The van der Waals surface area contributed by atoms with Gasteiger partial charge in [0.2, 0.25) is 0 Å². The van der Waals surface area contributed by atoms with E-state index < -0.39 is 5.91 Å². The van der Waals surface area contributed by atoms with Gasteiger partial charge in [0.15, 0.2) is 11.5 Å². The number of nitrogens with zero attached hydrogens (tertiary/aromatic N) is 2. The molecule has 84 valence electrons. The summed E-state index contributed by atoms with van der Waals surface area (Å²) in [5.41, 5.74) is 11.1. The van der Waals surface area contributed by atoms with E-state index in [1.165, 1.54) is 12.6 Å². The van der Waals surface area contributed by atoms with Crippen LogP contribution >= 0.6 is 0 Å². The third kappa shape index (κ3) is 4.39. The van der Waals surface area contributed by atoms with Gasteiger partial charge in [-0.3, -0.25) is 4.79 Å². The normalized spacial score (nSPS) is 9.00. The quantitative estimate of drug-likeness (QED) is 0.765. The summed E-state index contributed by atoms with van der Waals surface area (Å²) >= 11 is 0. The average Bonchev–Trinajstić information content (AvgIpc) is 2.19. The number of amides is 1. The van der Waals surface area contributed by atoms with Gasteiger partial charge in [-0.15, -0.1) is 0 Å². The fourth-order valence-corrected chi connectivity index (χ4v) is 0.787. The van der Waals surface area contributed by atoms with E-state index in [1.54, 1.807) is 0 Å². The maximum Gasteiger partial charge on any atom is 0.271 e. The van der Waals surface area contributed by atoms with Gasteiger partial charge >= 0.3 is 0 Å². The summed E-state index contributed by atoms with van der Waals surface area (Å²) in [5.74, 6) is -0.560. The van der Waals surface area contributed by atoms with Crippen molar-refractivity contribution in [2.45, 2.75) is 33.6 Å². The number of rotatable bonds is 2. The van der Waals surface area contributed by atoms with Crippen LogP contribution in [-0.4, -0.2) is 15.9 Å². The summed E-state index contributed by atoms with van der Waals surface area (Å²) in [5, 5.41) is 0. The van der Waals surface area contributed by atoms with Crippen LogP contribution in [0.1, 0.15) is 43.4 Å². The van der Waals surface area contributed by atoms with Crippen LogP contribution in [0, 0.1) is 0 Å². The summed E-state index contributed by atoms with van der Waals surface area (Å²) in [7, 11) is 0. The molecule has 0 saturated carbocycles. The molecule has 4 N–H and O–H groups in total. The third-order valence-corrected chi connectivity index (χ3v) is 1.45. The second-order valence-corrected chi connectivity index (χ2v) is 3.02. The van der Waals surface area contributed by atoms with Crippen LogP contribution in [0.15, 0.2) is 6.20 Å². The van der Waals surface area contributed by atoms with Crippen molar-refractivity contribution in [3.05, 3.63) is 17.6 Å². The van der Waals surface area contributed by atoms with Gasteiger partial charge in [0.05, 0.1) is 11.9 Å². The first-order chi connectivity index (χ1) is 7.06. The largest absolute Gasteiger partial charge is 0.382 e. The summed E-state index contributed by atoms with van der Waals surface area (Å²) in [6, 6.07) is 0. The van der Waals surface area contributed by atoms with Crippen molar-refractivity contribution in [1.82, 2.24) is 9.97 Å². The minimum Gasteiger partial charge on any atom is -0.382 e. The van der Waals surface area contributed by atoms with Crippen LogP contribution in [0.5, 0.6) is 0 Å². The Morgan fingerprint density at radius 1 is 1.40 bits per heavy atom. The van der Waals surface area contributed by atoms with E-state index in [1.807, 2.05) is 6.92 Å². The lowest BCUT2D eigenvalue weighted by molar-refractivity contribution is 0.0996. The van der Waals surface area contributed by atoms with Gasteiger partial charge in [0.25, 0.3) is 5.91 Å². The van der Waals surface area contributed by atoms with Crippen LogP contribution in [0.4, 0.5) is 5.82 Å². The van der Waals surface area contributed by atoms with Crippen molar-refractivity contribution < 1.29 is 4.79 Å². The average molecular weight is 210 g/mol. The lowest BCUT2D eigenvalue weighted by atomic mass is 10.3. The molecule has 0 bridgehead atoms. The number of aromatic nitrogens is 2. The Labute approximate surface area is 89.9 Å². The summed E-state index contributed by atoms with van der Waals surface area (Å²) in [4.78, 5) is 18.4. The van der Waals surface area contributed by atoms with Gasteiger partial charge in [-0.25, -0.2) is 9.97 Å². The molecule has 0 aliphatic heterocycles. The molecule has 5 heteroatoms. The molecule has 0 aliphatic rings. The van der Waals surface area contributed by atoms with Gasteiger partial charge in [0, 0.05) is 0 Å². The predicted molar refractivity (Wildman–Crippen MR) is 60.3 cm³/mol. The maximum absolute atomic E-state index is 10.7. The zero-order valence-electron chi connectivity index (χ0n) is 9.45. The Morgan fingerprint density at radius 3 is 2.33 bits per heavy atom. The number of aryl methyl sites for hydroxylation is 1. The molecule has 0 spiro atoms. The predicted octanol–water partition coefficient (Wildman–Crippen LogP) is 1.14. The van der Waals surface area contributed by atoms with E-state index in [2.05, 4.69) is 23.8 Å². The first-order valence-electron chi connectivity index (χ1n) is 4.97. The number of primary amides is 1. The minimum atomic E-state index is -0.643. The van der Waals surface area contributed by atoms with E-state index in [0.29, 0.717) is 12.1 Å². The highest BCUT2D eigenvalue weighted by molar-refractivity contribution is 5.94. The molecule has 0 radical (unpaired) electrons. The van der Waals surface area contributed by atoms with Gasteiger partial charge in [-0.2, -0.15) is 0 Å². The lowest BCUT2D eigenvalue weighted by Crippen LogP contribution is -2.17. The molecule has 1 rings (SSSR count). The Balaban J connectivity index is 0.000000583. The monoisotopic (exact) mass is 210 g/mol. The van der Waals surface area contributed by atoms with Gasteiger partial charge in [0.1, 0.15) is 0 Å².